The molecule has 4 heteroatoms. The van der Waals surface area contributed by atoms with Crippen LogP contribution in [0.15, 0.2) is 47.4 Å². The van der Waals surface area contributed by atoms with Gasteiger partial charge >= 0.3 is 0 Å². The maximum absolute atomic E-state index is 12.2. The van der Waals surface area contributed by atoms with Crippen LogP contribution >= 0.6 is 0 Å². The molecule has 2 aromatic rings. The van der Waals surface area contributed by atoms with Crippen molar-refractivity contribution in [3.63, 3.8) is 0 Å². The minimum Gasteiger partial charge on any atom is -0.380 e. The van der Waals surface area contributed by atoms with Crippen molar-refractivity contribution >= 4 is 0 Å². The lowest BCUT2D eigenvalue weighted by Gasteiger charge is -2.26. The molecule has 1 atom stereocenters. The molecule has 0 spiro atoms. The lowest BCUT2D eigenvalue weighted by atomic mass is 10.00. The van der Waals surface area contributed by atoms with Crippen LogP contribution in [0.4, 0.5) is 0 Å². The first-order valence-electron chi connectivity index (χ1n) is 8.96. The SMILES string of the molecule is CCOCCn1ccc(-c2ccc(C(C)NC(C)(C)C)cc2)cc1=O. The quantitative estimate of drug-likeness (QED) is 0.774. The molecule has 0 aliphatic heterocycles. The van der Waals surface area contributed by atoms with Crippen LogP contribution in [0.2, 0.25) is 0 Å². The third-order valence-corrected chi connectivity index (χ3v) is 4.07. The maximum Gasteiger partial charge on any atom is 0.251 e. The number of ether oxygens (including phenoxy) is 1. The van der Waals surface area contributed by atoms with E-state index >= 15 is 0 Å². The van der Waals surface area contributed by atoms with Gasteiger partial charge in [0.15, 0.2) is 0 Å². The standard InChI is InChI=1S/C21H30N2O2/c1-6-25-14-13-23-12-11-19(15-20(23)24)18-9-7-17(8-10-18)16(2)22-21(3,4)5/h7-12,15-16,22H,6,13-14H2,1-5H3. The van der Waals surface area contributed by atoms with Gasteiger partial charge in [-0.25, -0.2) is 0 Å². The third-order valence-electron chi connectivity index (χ3n) is 4.07. The molecular formula is C21H30N2O2. The zero-order chi connectivity index (χ0) is 18.4. The van der Waals surface area contributed by atoms with E-state index < -0.39 is 0 Å². The molecule has 25 heavy (non-hydrogen) atoms. The molecule has 1 unspecified atom stereocenters. The van der Waals surface area contributed by atoms with Crippen molar-refractivity contribution in [3.05, 3.63) is 58.5 Å². The number of hydrogen-bond acceptors (Lipinski definition) is 3. The first kappa shape index (κ1) is 19.4. The molecule has 0 saturated heterocycles. The van der Waals surface area contributed by atoms with Crippen LogP contribution in [0.3, 0.4) is 0 Å². The normalized spacial score (nSPS) is 13.0. The van der Waals surface area contributed by atoms with Gasteiger partial charge in [0.2, 0.25) is 0 Å². The lowest BCUT2D eigenvalue weighted by molar-refractivity contribution is 0.138. The topological polar surface area (TPSA) is 43.3 Å². The van der Waals surface area contributed by atoms with E-state index in [0.717, 1.165) is 11.1 Å². The van der Waals surface area contributed by atoms with E-state index in [0.29, 0.717) is 19.8 Å². The number of hydrogen-bond donors (Lipinski definition) is 1. The molecule has 0 bridgehead atoms. The van der Waals surface area contributed by atoms with E-state index in [2.05, 4.69) is 57.3 Å². The van der Waals surface area contributed by atoms with Crippen molar-refractivity contribution in [2.45, 2.75) is 52.7 Å². The molecule has 1 aromatic heterocycles. The van der Waals surface area contributed by atoms with Crippen molar-refractivity contribution in [3.8, 4) is 11.1 Å². The van der Waals surface area contributed by atoms with Crippen LogP contribution in [-0.2, 0) is 11.3 Å². The summed E-state index contributed by atoms with van der Waals surface area (Å²) in [7, 11) is 0. The number of rotatable bonds is 7. The summed E-state index contributed by atoms with van der Waals surface area (Å²) in [4.78, 5) is 12.2. The summed E-state index contributed by atoms with van der Waals surface area (Å²) in [6.07, 6.45) is 1.84. The zero-order valence-electron chi connectivity index (χ0n) is 16.0. The van der Waals surface area contributed by atoms with E-state index in [1.165, 1.54) is 5.56 Å². The molecule has 0 aliphatic rings. The highest BCUT2D eigenvalue weighted by Gasteiger charge is 2.14. The van der Waals surface area contributed by atoms with Crippen LogP contribution in [0.5, 0.6) is 0 Å². The fraction of sp³-hybridized carbons (Fsp3) is 0.476. The summed E-state index contributed by atoms with van der Waals surface area (Å²) >= 11 is 0. The summed E-state index contributed by atoms with van der Waals surface area (Å²) in [6.45, 7) is 12.4. The summed E-state index contributed by atoms with van der Waals surface area (Å²) in [6, 6.07) is 12.4. The third kappa shape index (κ3) is 5.83. The van der Waals surface area contributed by atoms with Crippen LogP contribution in [0.25, 0.3) is 11.1 Å². The van der Waals surface area contributed by atoms with Crippen LogP contribution < -0.4 is 10.9 Å². The van der Waals surface area contributed by atoms with E-state index in [1.54, 1.807) is 10.6 Å². The Bertz CT molecular complexity index is 727. The molecule has 2 rings (SSSR count). The molecular weight excluding hydrogens is 312 g/mol. The summed E-state index contributed by atoms with van der Waals surface area (Å²) in [5, 5.41) is 3.57. The summed E-state index contributed by atoms with van der Waals surface area (Å²) in [5.74, 6) is 0. The Morgan fingerprint density at radius 1 is 1.12 bits per heavy atom. The van der Waals surface area contributed by atoms with Crippen molar-refractivity contribution in [1.29, 1.82) is 0 Å². The fourth-order valence-electron chi connectivity index (χ4n) is 2.88. The molecule has 136 valence electrons. The largest absolute Gasteiger partial charge is 0.380 e. The van der Waals surface area contributed by atoms with E-state index in [-0.39, 0.29) is 17.1 Å². The van der Waals surface area contributed by atoms with Gasteiger partial charge in [-0.15, -0.1) is 0 Å². The van der Waals surface area contributed by atoms with Gasteiger partial charge in [-0.05, 0) is 57.4 Å². The van der Waals surface area contributed by atoms with Gasteiger partial charge in [0.1, 0.15) is 0 Å². The maximum atomic E-state index is 12.2. The predicted octanol–water partition coefficient (Wildman–Crippen LogP) is 4.00. The molecule has 0 saturated carbocycles. The Morgan fingerprint density at radius 3 is 2.36 bits per heavy atom. The van der Waals surface area contributed by atoms with Crippen LogP contribution in [0, 0.1) is 0 Å². The minimum atomic E-state index is 0.00375. The second kappa shape index (κ2) is 8.45. The average Bonchev–Trinajstić information content (AvgIpc) is 2.55. The Labute approximate surface area is 150 Å². The molecule has 0 radical (unpaired) electrons. The van der Waals surface area contributed by atoms with E-state index in [9.17, 15) is 4.79 Å². The lowest BCUT2D eigenvalue weighted by Crippen LogP contribution is -2.37. The molecule has 0 aliphatic carbocycles. The number of benzene rings is 1. The average molecular weight is 342 g/mol. The Hall–Kier alpha value is -1.91. The van der Waals surface area contributed by atoms with Gasteiger partial charge in [0, 0.05) is 37.0 Å². The predicted molar refractivity (Wildman–Crippen MR) is 104 cm³/mol. The zero-order valence-corrected chi connectivity index (χ0v) is 16.0. The highest BCUT2D eigenvalue weighted by Crippen LogP contribution is 2.22. The van der Waals surface area contributed by atoms with Gasteiger partial charge in [0.25, 0.3) is 5.56 Å². The fourth-order valence-corrected chi connectivity index (χ4v) is 2.88. The smallest absolute Gasteiger partial charge is 0.251 e. The monoisotopic (exact) mass is 342 g/mol. The molecule has 1 heterocycles. The second-order valence-corrected chi connectivity index (χ2v) is 7.38. The number of nitrogens with zero attached hydrogens (tertiary/aromatic N) is 1. The minimum absolute atomic E-state index is 0.00375. The van der Waals surface area contributed by atoms with Gasteiger partial charge in [0.05, 0.1) is 6.61 Å². The van der Waals surface area contributed by atoms with E-state index in [4.69, 9.17) is 4.74 Å². The van der Waals surface area contributed by atoms with Gasteiger partial charge in [-0.1, -0.05) is 24.3 Å². The molecule has 0 amide bonds. The van der Waals surface area contributed by atoms with Crippen molar-refractivity contribution in [2.24, 2.45) is 0 Å². The summed E-state index contributed by atoms with van der Waals surface area (Å²) in [5.41, 5.74) is 3.32. The van der Waals surface area contributed by atoms with Gasteiger partial charge in [-0.3, -0.25) is 4.79 Å². The highest BCUT2D eigenvalue weighted by molar-refractivity contribution is 5.63. The Kier molecular flexibility index (Phi) is 6.57. The van der Waals surface area contributed by atoms with Crippen LogP contribution in [0.1, 0.15) is 46.2 Å². The van der Waals surface area contributed by atoms with Crippen LogP contribution in [-0.4, -0.2) is 23.3 Å². The number of nitrogens with one attached hydrogen (secondary N) is 1. The molecule has 1 N–H and O–H groups in total. The van der Waals surface area contributed by atoms with Crippen molar-refractivity contribution < 1.29 is 4.74 Å². The Balaban J connectivity index is 2.11. The van der Waals surface area contributed by atoms with Gasteiger partial charge in [-0.2, -0.15) is 0 Å². The van der Waals surface area contributed by atoms with Crippen molar-refractivity contribution in [1.82, 2.24) is 9.88 Å². The molecule has 1 aromatic carbocycles. The number of aromatic nitrogens is 1. The first-order valence-corrected chi connectivity index (χ1v) is 8.96. The molecule has 0 fully saturated rings. The first-order chi connectivity index (χ1) is 11.8. The Morgan fingerprint density at radius 2 is 1.80 bits per heavy atom. The van der Waals surface area contributed by atoms with E-state index in [1.807, 2.05) is 19.2 Å². The molecule has 4 nitrogen and oxygen atoms in total. The highest BCUT2D eigenvalue weighted by atomic mass is 16.5. The van der Waals surface area contributed by atoms with Gasteiger partial charge < -0.3 is 14.6 Å². The second-order valence-electron chi connectivity index (χ2n) is 7.38. The van der Waals surface area contributed by atoms with Crippen molar-refractivity contribution in [2.75, 3.05) is 13.2 Å². The summed E-state index contributed by atoms with van der Waals surface area (Å²) < 4.78 is 7.00. The number of pyridine rings is 1.